The standard InChI is InChI=1S/C29H28Br2N2O6/c1-3-37-29(35)26-20(18-9-12-23-24(13-18)39-16-38-23)14-33(28(26)17-7-10-19(36-2)11-8-17)15-25(34)32-27-21(30)5-4-6-22(27)31/h4-13,20,26,28H,3,14-16H2,1-2H3,(H,32,34)/t20-,26-,28+/m1/s1. The number of nitrogens with zero attached hydrogens (tertiary/aromatic N) is 1. The van der Waals surface area contributed by atoms with Crippen LogP contribution in [0.4, 0.5) is 5.69 Å². The molecule has 0 aliphatic carbocycles. The number of anilines is 1. The maximum absolute atomic E-state index is 13.5. The van der Waals surface area contributed by atoms with E-state index in [-0.39, 0.29) is 37.7 Å². The Kier molecular flexibility index (Phi) is 8.44. The molecule has 1 amide bonds. The number of methoxy groups -OCH3 is 1. The number of benzene rings is 3. The van der Waals surface area contributed by atoms with Crippen LogP contribution < -0.4 is 19.5 Å². The number of amides is 1. The van der Waals surface area contributed by atoms with Gasteiger partial charge < -0.3 is 24.3 Å². The van der Waals surface area contributed by atoms with Crippen molar-refractivity contribution in [1.82, 2.24) is 4.90 Å². The molecule has 2 aliphatic rings. The molecular weight excluding hydrogens is 632 g/mol. The Bertz CT molecular complexity index is 1350. The lowest BCUT2D eigenvalue weighted by atomic mass is 9.82. The number of esters is 1. The van der Waals surface area contributed by atoms with Crippen molar-refractivity contribution in [2.45, 2.75) is 18.9 Å². The van der Waals surface area contributed by atoms with E-state index in [1.807, 2.05) is 65.6 Å². The molecular formula is C29H28Br2N2O6. The minimum Gasteiger partial charge on any atom is -0.497 e. The monoisotopic (exact) mass is 658 g/mol. The van der Waals surface area contributed by atoms with Crippen molar-refractivity contribution in [3.05, 3.63) is 80.7 Å². The maximum Gasteiger partial charge on any atom is 0.311 e. The third-order valence-electron chi connectivity index (χ3n) is 7.01. The quantitative estimate of drug-likeness (QED) is 0.301. The lowest BCUT2D eigenvalue weighted by Gasteiger charge is -2.28. The summed E-state index contributed by atoms with van der Waals surface area (Å²) >= 11 is 7.01. The van der Waals surface area contributed by atoms with Gasteiger partial charge in [0.05, 0.1) is 31.9 Å². The molecule has 3 aromatic rings. The summed E-state index contributed by atoms with van der Waals surface area (Å²) < 4.78 is 23.6. The number of nitrogens with one attached hydrogen (secondary N) is 1. The van der Waals surface area contributed by atoms with Crippen LogP contribution in [0.1, 0.15) is 30.0 Å². The van der Waals surface area contributed by atoms with Crippen LogP contribution >= 0.6 is 31.9 Å². The van der Waals surface area contributed by atoms with Crippen LogP contribution in [0.3, 0.4) is 0 Å². The molecule has 0 bridgehead atoms. The molecule has 3 aromatic carbocycles. The van der Waals surface area contributed by atoms with E-state index < -0.39 is 12.0 Å². The number of hydrogen-bond donors (Lipinski definition) is 1. The summed E-state index contributed by atoms with van der Waals surface area (Å²) in [5, 5.41) is 3.01. The molecule has 0 saturated carbocycles. The van der Waals surface area contributed by atoms with Gasteiger partial charge >= 0.3 is 5.97 Å². The molecule has 1 saturated heterocycles. The minimum absolute atomic E-state index is 0.0709. The highest BCUT2D eigenvalue weighted by Gasteiger charge is 2.48. The van der Waals surface area contributed by atoms with E-state index in [2.05, 4.69) is 37.2 Å². The summed E-state index contributed by atoms with van der Waals surface area (Å²) in [6.07, 6.45) is 0. The molecule has 0 radical (unpaired) electrons. The summed E-state index contributed by atoms with van der Waals surface area (Å²) in [7, 11) is 1.61. The average molecular weight is 660 g/mol. The summed E-state index contributed by atoms with van der Waals surface area (Å²) in [4.78, 5) is 29.0. The fourth-order valence-corrected chi connectivity index (χ4v) is 6.47. The first-order chi connectivity index (χ1) is 18.9. The van der Waals surface area contributed by atoms with Gasteiger partial charge in [0, 0.05) is 27.4 Å². The zero-order valence-corrected chi connectivity index (χ0v) is 24.7. The van der Waals surface area contributed by atoms with Crippen LogP contribution in [-0.2, 0) is 14.3 Å². The van der Waals surface area contributed by atoms with Crippen molar-refractivity contribution in [3.63, 3.8) is 0 Å². The van der Waals surface area contributed by atoms with Gasteiger partial charge in [0.15, 0.2) is 11.5 Å². The molecule has 204 valence electrons. The number of likely N-dealkylation sites (tertiary alicyclic amines) is 1. The van der Waals surface area contributed by atoms with Crippen molar-refractivity contribution in [2.75, 3.05) is 38.9 Å². The van der Waals surface area contributed by atoms with Gasteiger partial charge in [-0.3, -0.25) is 14.5 Å². The van der Waals surface area contributed by atoms with Crippen LogP contribution in [0.5, 0.6) is 17.2 Å². The first kappa shape index (κ1) is 27.5. The molecule has 2 aliphatic heterocycles. The van der Waals surface area contributed by atoms with Crippen LogP contribution in [0, 0.1) is 5.92 Å². The van der Waals surface area contributed by atoms with Crippen molar-refractivity contribution < 1.29 is 28.5 Å². The summed E-state index contributed by atoms with van der Waals surface area (Å²) in [5.74, 6) is 0.722. The van der Waals surface area contributed by atoms with Gasteiger partial charge in [-0.25, -0.2) is 0 Å². The molecule has 39 heavy (non-hydrogen) atoms. The largest absolute Gasteiger partial charge is 0.497 e. The van der Waals surface area contributed by atoms with Gasteiger partial charge in [-0.2, -0.15) is 0 Å². The Labute approximate surface area is 243 Å². The maximum atomic E-state index is 13.5. The Morgan fingerprint density at radius 3 is 2.38 bits per heavy atom. The minimum atomic E-state index is -0.554. The molecule has 0 spiro atoms. The topological polar surface area (TPSA) is 86.3 Å². The molecule has 0 unspecified atom stereocenters. The van der Waals surface area contributed by atoms with E-state index in [4.69, 9.17) is 18.9 Å². The second kappa shape index (κ2) is 12.0. The number of halogens is 2. The molecule has 1 fully saturated rings. The third-order valence-corrected chi connectivity index (χ3v) is 8.33. The van der Waals surface area contributed by atoms with E-state index in [0.717, 1.165) is 20.1 Å². The molecule has 3 atom stereocenters. The molecule has 10 heteroatoms. The Balaban J connectivity index is 1.51. The van der Waals surface area contributed by atoms with Gasteiger partial charge in [-0.15, -0.1) is 0 Å². The zero-order valence-electron chi connectivity index (χ0n) is 21.5. The second-order valence-electron chi connectivity index (χ2n) is 9.29. The Morgan fingerprint density at radius 1 is 1.00 bits per heavy atom. The number of fused-ring (bicyclic) bond motifs is 1. The first-order valence-electron chi connectivity index (χ1n) is 12.6. The van der Waals surface area contributed by atoms with E-state index in [9.17, 15) is 9.59 Å². The van der Waals surface area contributed by atoms with Crippen LogP contribution in [-0.4, -0.2) is 50.4 Å². The average Bonchev–Trinajstić information content (AvgIpc) is 3.55. The van der Waals surface area contributed by atoms with Crippen LogP contribution in [0.2, 0.25) is 0 Å². The number of hydrogen-bond acceptors (Lipinski definition) is 7. The summed E-state index contributed by atoms with van der Waals surface area (Å²) in [6, 6.07) is 18.5. The number of ether oxygens (including phenoxy) is 4. The molecule has 8 nitrogen and oxygen atoms in total. The molecule has 1 N–H and O–H groups in total. The Morgan fingerprint density at radius 2 is 1.69 bits per heavy atom. The van der Waals surface area contributed by atoms with Gasteiger partial charge in [0.1, 0.15) is 5.75 Å². The van der Waals surface area contributed by atoms with E-state index >= 15 is 0 Å². The third kappa shape index (κ3) is 5.78. The Hall–Kier alpha value is -3.08. The van der Waals surface area contributed by atoms with Crippen molar-refractivity contribution in [1.29, 1.82) is 0 Å². The fraction of sp³-hybridized carbons (Fsp3) is 0.310. The van der Waals surface area contributed by atoms with Crippen LogP contribution in [0.15, 0.2) is 69.6 Å². The summed E-state index contributed by atoms with van der Waals surface area (Å²) in [5.41, 5.74) is 2.47. The lowest BCUT2D eigenvalue weighted by molar-refractivity contribution is -0.149. The van der Waals surface area contributed by atoms with Gasteiger partial charge in [-0.1, -0.05) is 24.3 Å². The second-order valence-corrected chi connectivity index (χ2v) is 11.0. The predicted octanol–water partition coefficient (Wildman–Crippen LogP) is 5.91. The van der Waals surface area contributed by atoms with Gasteiger partial charge in [0.2, 0.25) is 12.7 Å². The first-order valence-corrected chi connectivity index (χ1v) is 14.2. The van der Waals surface area contributed by atoms with E-state index in [0.29, 0.717) is 29.5 Å². The van der Waals surface area contributed by atoms with Gasteiger partial charge in [-0.05, 0) is 86.3 Å². The predicted molar refractivity (Wildman–Crippen MR) is 153 cm³/mol. The van der Waals surface area contributed by atoms with Crippen molar-refractivity contribution in [2.24, 2.45) is 5.92 Å². The molecule has 0 aromatic heterocycles. The van der Waals surface area contributed by atoms with Crippen molar-refractivity contribution >= 4 is 49.4 Å². The number of carbonyl (C=O) groups excluding carboxylic acids is 2. The lowest BCUT2D eigenvalue weighted by Crippen LogP contribution is -2.35. The SMILES string of the molecule is CCOC(=O)[C@@H]1[C@@H](c2ccc3c(c2)OCO3)CN(CC(=O)Nc2c(Br)cccc2Br)[C@H]1c1ccc(OC)cc1. The van der Waals surface area contributed by atoms with E-state index in [1.165, 1.54) is 0 Å². The summed E-state index contributed by atoms with van der Waals surface area (Å²) in [6.45, 7) is 2.75. The molecule has 5 rings (SSSR count). The highest BCUT2D eigenvalue weighted by atomic mass is 79.9. The fourth-order valence-electron chi connectivity index (χ4n) is 5.28. The number of para-hydroxylation sites is 1. The normalized spacial score (nSPS) is 20.1. The van der Waals surface area contributed by atoms with E-state index in [1.54, 1.807) is 14.0 Å². The highest BCUT2D eigenvalue weighted by molar-refractivity contribution is 9.11. The van der Waals surface area contributed by atoms with Crippen molar-refractivity contribution in [3.8, 4) is 17.2 Å². The molecule has 2 heterocycles. The number of rotatable bonds is 8. The van der Waals surface area contributed by atoms with Crippen LogP contribution in [0.25, 0.3) is 0 Å². The van der Waals surface area contributed by atoms with Gasteiger partial charge in [0.25, 0.3) is 0 Å². The highest BCUT2D eigenvalue weighted by Crippen LogP contribution is 2.48. The number of carbonyl (C=O) groups is 2. The smallest absolute Gasteiger partial charge is 0.311 e. The zero-order chi connectivity index (χ0) is 27.5.